The third-order valence-electron chi connectivity index (χ3n) is 2.71. The second-order valence-electron chi connectivity index (χ2n) is 4.38. The van der Waals surface area contributed by atoms with Crippen molar-refractivity contribution >= 4 is 11.6 Å². The third kappa shape index (κ3) is 4.06. The fourth-order valence-electron chi connectivity index (χ4n) is 1.72. The van der Waals surface area contributed by atoms with E-state index in [4.69, 9.17) is 5.73 Å². The molecule has 0 radical (unpaired) electrons. The lowest BCUT2D eigenvalue weighted by atomic mass is 10.2. The van der Waals surface area contributed by atoms with Crippen LogP contribution in [0.15, 0.2) is 36.7 Å². The van der Waals surface area contributed by atoms with Crippen molar-refractivity contribution in [3.8, 4) is 0 Å². The number of halogens is 3. The largest absolute Gasteiger partial charge is 0.419 e. The predicted octanol–water partition coefficient (Wildman–Crippen LogP) is 2.00. The van der Waals surface area contributed by atoms with Crippen LogP contribution in [0, 0.1) is 0 Å². The minimum atomic E-state index is -4.47. The maximum Gasteiger partial charge on any atom is 0.419 e. The average molecular weight is 298 g/mol. The molecular weight excluding hydrogens is 285 g/mol. The molecule has 0 atom stereocenters. The molecule has 0 saturated heterocycles. The standard InChI is InChI=1S/C13H13F3N4O/c14-13(15,16)10-6-18-20(7-10)8-12(21)19-11-3-1-2-9(4-11)5-17/h1-4,6-7H,5,8,17H2,(H,19,21). The van der Waals surface area contributed by atoms with E-state index in [9.17, 15) is 18.0 Å². The summed E-state index contributed by atoms with van der Waals surface area (Å²) in [6.45, 7) is 0.0285. The van der Waals surface area contributed by atoms with Crippen molar-refractivity contribution in [2.45, 2.75) is 19.3 Å². The zero-order chi connectivity index (χ0) is 15.5. The highest BCUT2D eigenvalue weighted by atomic mass is 19.4. The molecule has 3 N–H and O–H groups in total. The van der Waals surface area contributed by atoms with Crippen LogP contribution in [0.4, 0.5) is 18.9 Å². The van der Waals surface area contributed by atoms with Gasteiger partial charge in [-0.25, -0.2) is 0 Å². The van der Waals surface area contributed by atoms with Crippen molar-refractivity contribution in [2.24, 2.45) is 5.73 Å². The Hall–Kier alpha value is -2.35. The Kier molecular flexibility index (Phi) is 4.27. The maximum absolute atomic E-state index is 12.4. The molecule has 1 aromatic carbocycles. The van der Waals surface area contributed by atoms with Gasteiger partial charge in [0.2, 0.25) is 5.91 Å². The van der Waals surface area contributed by atoms with E-state index in [0.29, 0.717) is 18.4 Å². The minimum absolute atomic E-state index is 0.303. The molecule has 0 unspecified atom stereocenters. The lowest BCUT2D eigenvalue weighted by molar-refractivity contribution is -0.137. The van der Waals surface area contributed by atoms with Crippen LogP contribution >= 0.6 is 0 Å². The van der Waals surface area contributed by atoms with Gasteiger partial charge in [0.15, 0.2) is 0 Å². The van der Waals surface area contributed by atoms with Gasteiger partial charge < -0.3 is 11.1 Å². The summed E-state index contributed by atoms with van der Waals surface area (Å²) >= 11 is 0. The van der Waals surface area contributed by atoms with Gasteiger partial charge in [0.1, 0.15) is 6.54 Å². The smallest absolute Gasteiger partial charge is 0.326 e. The number of alkyl halides is 3. The number of carbonyl (C=O) groups is 1. The fourth-order valence-corrected chi connectivity index (χ4v) is 1.72. The molecule has 0 aliphatic heterocycles. The number of nitrogens with zero attached hydrogens (tertiary/aromatic N) is 2. The topological polar surface area (TPSA) is 72.9 Å². The number of hydrogen-bond acceptors (Lipinski definition) is 3. The van der Waals surface area contributed by atoms with Crippen LogP contribution in [-0.2, 0) is 24.1 Å². The molecule has 1 amide bonds. The van der Waals surface area contributed by atoms with Gasteiger partial charge in [-0.15, -0.1) is 0 Å². The molecule has 8 heteroatoms. The second-order valence-corrected chi connectivity index (χ2v) is 4.38. The van der Waals surface area contributed by atoms with E-state index in [1.165, 1.54) is 0 Å². The number of aromatic nitrogens is 2. The molecule has 0 fully saturated rings. The van der Waals surface area contributed by atoms with E-state index in [1.807, 2.05) is 0 Å². The quantitative estimate of drug-likeness (QED) is 0.906. The van der Waals surface area contributed by atoms with Crippen molar-refractivity contribution in [2.75, 3.05) is 5.32 Å². The Balaban J connectivity index is 2.00. The van der Waals surface area contributed by atoms with Crippen molar-refractivity contribution in [3.63, 3.8) is 0 Å². The van der Waals surface area contributed by atoms with E-state index in [-0.39, 0.29) is 6.54 Å². The molecule has 5 nitrogen and oxygen atoms in total. The summed E-state index contributed by atoms with van der Waals surface area (Å²) in [4.78, 5) is 11.8. The highest BCUT2D eigenvalue weighted by molar-refractivity contribution is 5.90. The minimum Gasteiger partial charge on any atom is -0.326 e. The second kappa shape index (κ2) is 5.96. The number of amides is 1. The molecule has 2 aromatic rings. The van der Waals surface area contributed by atoms with Crippen LogP contribution in [-0.4, -0.2) is 15.7 Å². The molecule has 1 heterocycles. The fraction of sp³-hybridized carbons (Fsp3) is 0.231. The predicted molar refractivity (Wildman–Crippen MR) is 70.2 cm³/mol. The first kappa shape index (κ1) is 15.0. The Morgan fingerprint density at radius 1 is 1.38 bits per heavy atom. The molecule has 0 spiro atoms. The Morgan fingerprint density at radius 3 is 2.76 bits per heavy atom. The number of anilines is 1. The van der Waals surface area contributed by atoms with Crippen LogP contribution in [0.2, 0.25) is 0 Å². The summed E-state index contributed by atoms with van der Waals surface area (Å²) in [5.41, 5.74) is 5.97. The van der Waals surface area contributed by atoms with E-state index in [2.05, 4.69) is 10.4 Å². The molecule has 0 bridgehead atoms. The highest BCUT2D eigenvalue weighted by Gasteiger charge is 2.32. The van der Waals surface area contributed by atoms with Gasteiger partial charge in [0, 0.05) is 18.4 Å². The molecule has 0 aliphatic carbocycles. The first-order valence-electron chi connectivity index (χ1n) is 6.07. The van der Waals surface area contributed by atoms with Gasteiger partial charge >= 0.3 is 6.18 Å². The first-order valence-corrected chi connectivity index (χ1v) is 6.07. The van der Waals surface area contributed by atoms with Crippen LogP contribution in [0.1, 0.15) is 11.1 Å². The molecule has 1 aromatic heterocycles. The summed E-state index contributed by atoms with van der Waals surface area (Å²) in [6, 6.07) is 6.90. The monoisotopic (exact) mass is 298 g/mol. The SMILES string of the molecule is NCc1cccc(NC(=O)Cn2cc(C(F)(F)F)cn2)c1. The van der Waals surface area contributed by atoms with Crippen molar-refractivity contribution in [3.05, 3.63) is 47.8 Å². The van der Waals surface area contributed by atoms with Gasteiger partial charge in [-0.05, 0) is 17.7 Å². The van der Waals surface area contributed by atoms with Crippen LogP contribution < -0.4 is 11.1 Å². The number of hydrogen-bond donors (Lipinski definition) is 2. The summed E-state index contributed by atoms with van der Waals surface area (Å²) in [5, 5.41) is 6.09. The normalized spacial score (nSPS) is 11.4. The van der Waals surface area contributed by atoms with E-state index >= 15 is 0 Å². The summed E-state index contributed by atoms with van der Waals surface area (Å²) in [6.07, 6.45) is -3.00. The lowest BCUT2D eigenvalue weighted by Gasteiger charge is -2.07. The van der Waals surface area contributed by atoms with Crippen molar-refractivity contribution in [1.29, 1.82) is 0 Å². The van der Waals surface area contributed by atoms with Gasteiger partial charge in [0.25, 0.3) is 0 Å². The highest BCUT2D eigenvalue weighted by Crippen LogP contribution is 2.28. The van der Waals surface area contributed by atoms with E-state index in [1.54, 1.807) is 24.3 Å². The van der Waals surface area contributed by atoms with Gasteiger partial charge in [-0.2, -0.15) is 18.3 Å². The van der Waals surface area contributed by atoms with Gasteiger partial charge in [-0.1, -0.05) is 12.1 Å². The molecule has 0 aliphatic rings. The Morgan fingerprint density at radius 2 is 2.14 bits per heavy atom. The van der Waals surface area contributed by atoms with E-state index < -0.39 is 17.6 Å². The number of nitrogens with two attached hydrogens (primary N) is 1. The molecule has 2 rings (SSSR count). The third-order valence-corrected chi connectivity index (χ3v) is 2.71. The number of carbonyl (C=O) groups excluding carboxylic acids is 1. The van der Waals surface area contributed by atoms with Crippen molar-refractivity contribution < 1.29 is 18.0 Å². The van der Waals surface area contributed by atoms with Crippen LogP contribution in [0.25, 0.3) is 0 Å². The molecule has 0 saturated carbocycles. The number of rotatable bonds is 4. The maximum atomic E-state index is 12.4. The van der Waals surface area contributed by atoms with Gasteiger partial charge in [0.05, 0.1) is 11.8 Å². The van der Waals surface area contributed by atoms with Crippen molar-refractivity contribution in [1.82, 2.24) is 9.78 Å². The average Bonchev–Trinajstić information content (AvgIpc) is 2.87. The number of benzene rings is 1. The zero-order valence-electron chi connectivity index (χ0n) is 10.9. The molecule has 21 heavy (non-hydrogen) atoms. The number of nitrogens with one attached hydrogen (secondary N) is 1. The Labute approximate surface area is 118 Å². The van der Waals surface area contributed by atoms with Gasteiger partial charge in [-0.3, -0.25) is 9.48 Å². The summed E-state index contributed by atoms with van der Waals surface area (Å²) in [5.74, 6) is -0.471. The van der Waals surface area contributed by atoms with Crippen LogP contribution in [0.5, 0.6) is 0 Å². The zero-order valence-corrected chi connectivity index (χ0v) is 10.9. The first-order chi connectivity index (χ1) is 9.88. The Bertz CT molecular complexity index is 636. The molecular formula is C13H13F3N4O. The van der Waals surface area contributed by atoms with Crippen LogP contribution in [0.3, 0.4) is 0 Å². The summed E-state index contributed by atoms with van der Waals surface area (Å²) in [7, 11) is 0. The van der Waals surface area contributed by atoms with E-state index in [0.717, 1.165) is 16.4 Å². The lowest BCUT2D eigenvalue weighted by Crippen LogP contribution is -2.19. The molecule has 112 valence electrons. The summed E-state index contributed by atoms with van der Waals surface area (Å²) < 4.78 is 38.1.